The van der Waals surface area contributed by atoms with Crippen molar-refractivity contribution in [1.29, 1.82) is 0 Å². The molecule has 0 amide bonds. The molecule has 10 heteroatoms. The first-order valence-corrected chi connectivity index (χ1v) is 14.7. The quantitative estimate of drug-likeness (QED) is 0.203. The second-order valence-electron chi connectivity index (χ2n) is 11.4. The molecule has 0 spiro atoms. The predicted octanol–water partition coefficient (Wildman–Crippen LogP) is 10.8. The molecule has 0 bridgehead atoms. The zero-order chi connectivity index (χ0) is 31.2. The van der Waals surface area contributed by atoms with E-state index in [1.54, 1.807) is 6.07 Å². The number of hydrogen-bond acceptors (Lipinski definition) is 2. The van der Waals surface area contributed by atoms with Crippen LogP contribution in [0.3, 0.4) is 0 Å². The molecule has 0 saturated heterocycles. The predicted molar refractivity (Wildman–Crippen MR) is 148 cm³/mol. The fraction of sp³-hybridized carbons (Fsp3) is 0.515. The first kappa shape index (κ1) is 33.0. The molecule has 1 saturated carbocycles. The van der Waals surface area contributed by atoms with Crippen molar-refractivity contribution in [2.24, 2.45) is 11.8 Å². The van der Waals surface area contributed by atoms with Gasteiger partial charge in [0.15, 0.2) is 0 Å². The van der Waals surface area contributed by atoms with E-state index in [2.05, 4.69) is 42.0 Å². The highest BCUT2D eigenvalue weighted by Gasteiger charge is 2.52. The third-order valence-electron chi connectivity index (χ3n) is 8.31. The normalized spacial score (nSPS) is 28.2. The Balaban J connectivity index is 1.32. The highest BCUT2D eigenvalue weighted by Crippen LogP contribution is 2.43. The maximum absolute atomic E-state index is 15.0. The smallest absolute Gasteiger partial charge is 0.493 e. The highest BCUT2D eigenvalue weighted by molar-refractivity contribution is 5.34. The number of benzene rings is 1. The van der Waals surface area contributed by atoms with E-state index in [4.69, 9.17) is 4.74 Å². The van der Waals surface area contributed by atoms with E-state index in [0.29, 0.717) is 17.9 Å². The minimum Gasteiger partial charge on any atom is -0.493 e. The zero-order valence-electron chi connectivity index (χ0n) is 23.9. The van der Waals surface area contributed by atoms with Crippen LogP contribution in [0.4, 0.5) is 35.1 Å². The Morgan fingerprint density at radius 1 is 0.977 bits per heavy atom. The van der Waals surface area contributed by atoms with Gasteiger partial charge in [-0.1, -0.05) is 61.4 Å². The van der Waals surface area contributed by atoms with Crippen LogP contribution in [0.2, 0.25) is 0 Å². The van der Waals surface area contributed by atoms with Crippen molar-refractivity contribution in [3.8, 4) is 0 Å². The molecule has 0 radical (unpaired) electrons. The van der Waals surface area contributed by atoms with E-state index in [-0.39, 0.29) is 11.5 Å². The summed E-state index contributed by atoms with van der Waals surface area (Å²) in [7, 11) is 0. The summed E-state index contributed by atoms with van der Waals surface area (Å²) in [6, 6.07) is 4.73. The Hall–Kier alpha value is -2.88. The van der Waals surface area contributed by atoms with Gasteiger partial charge < -0.3 is 4.74 Å². The van der Waals surface area contributed by atoms with Crippen LogP contribution in [0.5, 0.6) is 0 Å². The summed E-state index contributed by atoms with van der Waals surface area (Å²) in [5, 5.41) is 0. The Morgan fingerprint density at radius 2 is 1.72 bits per heavy atom. The summed E-state index contributed by atoms with van der Waals surface area (Å²) < 4.78 is 115. The van der Waals surface area contributed by atoms with Gasteiger partial charge in [-0.25, -0.2) is 17.9 Å². The van der Waals surface area contributed by atoms with Crippen molar-refractivity contribution in [3.63, 3.8) is 0 Å². The molecular weight excluding hydrogens is 580 g/mol. The zero-order valence-corrected chi connectivity index (χ0v) is 23.9. The minimum atomic E-state index is -5.81. The maximum atomic E-state index is 15.0. The van der Waals surface area contributed by atoms with Crippen LogP contribution in [-0.2, 0) is 16.1 Å². The van der Waals surface area contributed by atoms with Gasteiger partial charge in [0, 0.05) is 18.1 Å². The second kappa shape index (κ2) is 14.3. The molecule has 3 aliphatic rings. The third-order valence-corrected chi connectivity index (χ3v) is 8.31. The molecule has 0 N–H and O–H groups in total. The van der Waals surface area contributed by atoms with E-state index in [0.717, 1.165) is 56.9 Å². The van der Waals surface area contributed by atoms with Gasteiger partial charge in [-0.3, -0.25) is 0 Å². The number of allylic oxidation sites excluding steroid dienone is 9. The van der Waals surface area contributed by atoms with Gasteiger partial charge in [-0.05, 0) is 74.3 Å². The van der Waals surface area contributed by atoms with Gasteiger partial charge in [0.1, 0.15) is 30.2 Å². The third kappa shape index (κ3) is 9.06. The Kier molecular flexibility index (Phi) is 11.0. The number of halogens is 8. The van der Waals surface area contributed by atoms with Gasteiger partial charge in [-0.15, -0.1) is 13.2 Å². The summed E-state index contributed by atoms with van der Waals surface area (Å²) in [4.78, 5) is 0. The lowest BCUT2D eigenvalue weighted by molar-refractivity contribution is -0.414. The molecule has 1 aromatic carbocycles. The van der Waals surface area contributed by atoms with E-state index >= 15 is 0 Å². The maximum Gasteiger partial charge on any atom is 0.527 e. The minimum absolute atomic E-state index is 0.0909. The van der Waals surface area contributed by atoms with Gasteiger partial charge in [-0.2, -0.15) is 8.78 Å². The molecule has 1 fully saturated rings. The molecule has 0 heterocycles. The van der Waals surface area contributed by atoms with E-state index in [1.807, 2.05) is 0 Å². The van der Waals surface area contributed by atoms with Gasteiger partial charge in [0.2, 0.25) is 0 Å². The number of alkyl halides is 6. The van der Waals surface area contributed by atoms with Crippen molar-refractivity contribution >= 4 is 0 Å². The second-order valence-corrected chi connectivity index (χ2v) is 11.4. The summed E-state index contributed by atoms with van der Waals surface area (Å²) in [6.07, 6.45) is 5.01. The van der Waals surface area contributed by atoms with Crippen molar-refractivity contribution in [1.82, 2.24) is 0 Å². The number of hydrogen-bond donors (Lipinski definition) is 0. The van der Waals surface area contributed by atoms with Crippen LogP contribution in [0, 0.1) is 17.7 Å². The number of rotatable bonds is 9. The fourth-order valence-corrected chi connectivity index (χ4v) is 6.13. The lowest BCUT2D eigenvalue weighted by Crippen LogP contribution is -2.36. The van der Waals surface area contributed by atoms with E-state index in [9.17, 15) is 35.1 Å². The molecule has 2 nitrogen and oxygen atoms in total. The molecule has 3 aliphatic carbocycles. The van der Waals surface area contributed by atoms with Crippen LogP contribution < -0.4 is 0 Å². The molecule has 4 rings (SSSR count). The summed E-state index contributed by atoms with van der Waals surface area (Å²) >= 11 is 0. The number of ether oxygens (including phenoxy) is 2. The largest absolute Gasteiger partial charge is 0.527 e. The van der Waals surface area contributed by atoms with Gasteiger partial charge in [0.05, 0.1) is 5.57 Å². The highest BCUT2D eigenvalue weighted by atomic mass is 19.4. The lowest BCUT2D eigenvalue weighted by Gasteiger charge is -2.33. The molecule has 0 aromatic heterocycles. The monoisotopic (exact) mass is 616 g/mol. The molecular formula is C33H36F8O2. The van der Waals surface area contributed by atoms with Crippen LogP contribution >= 0.6 is 0 Å². The summed E-state index contributed by atoms with van der Waals surface area (Å²) in [6.45, 7) is 1.74. The molecule has 236 valence electrons. The first-order valence-electron chi connectivity index (χ1n) is 14.7. The SMILES string of the molecule is CCCC1=C/C/C=C\C(C2CCC(c3ccc(COC4=CC(F)=C(C(F)(F)OC(F)(F)F)C(F)C4)c(F)c3)CC2)C/C=C\1. The standard InChI is InChI=1S/C33H36F8O2/c1-2-6-21-7-3-4-9-22(10-5-8-21)23-11-13-24(14-12-23)25-15-16-26(28(34)17-25)20-42-27-18-29(35)31(30(36)19-27)32(37,38)43-33(39,40)41/h4-5,7-9,15-18,22-24,30H,2-3,6,10-14,19-20H2,1H3/b8-5-,9-4-,21-7-. The molecule has 1 aromatic rings. The topological polar surface area (TPSA) is 18.5 Å². The first-order chi connectivity index (χ1) is 20.4. The lowest BCUT2D eigenvalue weighted by atomic mass is 9.72. The Bertz CT molecular complexity index is 1270. The molecule has 0 aliphatic heterocycles. The van der Waals surface area contributed by atoms with Crippen LogP contribution in [0.25, 0.3) is 0 Å². The van der Waals surface area contributed by atoms with Crippen molar-refractivity contribution in [2.45, 2.75) is 95.9 Å². The van der Waals surface area contributed by atoms with Crippen molar-refractivity contribution in [3.05, 3.63) is 94.3 Å². The van der Waals surface area contributed by atoms with Crippen LogP contribution in [-0.4, -0.2) is 18.6 Å². The van der Waals surface area contributed by atoms with Crippen LogP contribution in [0.15, 0.2) is 77.4 Å². The van der Waals surface area contributed by atoms with Crippen molar-refractivity contribution < 1.29 is 44.6 Å². The molecule has 43 heavy (non-hydrogen) atoms. The fourth-order valence-electron chi connectivity index (χ4n) is 6.13. The van der Waals surface area contributed by atoms with Gasteiger partial charge >= 0.3 is 12.5 Å². The van der Waals surface area contributed by atoms with E-state index < -0.39 is 54.6 Å². The molecule has 2 unspecified atom stereocenters. The average Bonchev–Trinajstić information content (AvgIpc) is 3.03. The van der Waals surface area contributed by atoms with E-state index in [1.165, 1.54) is 17.7 Å². The van der Waals surface area contributed by atoms with Crippen molar-refractivity contribution in [2.75, 3.05) is 0 Å². The Labute approximate surface area is 246 Å². The summed E-state index contributed by atoms with van der Waals surface area (Å²) in [5.74, 6) is -1.73. The van der Waals surface area contributed by atoms with Crippen LogP contribution in [0.1, 0.15) is 81.8 Å². The summed E-state index contributed by atoms with van der Waals surface area (Å²) in [5.41, 5.74) is 0.253. The Morgan fingerprint density at radius 3 is 2.37 bits per heavy atom. The average molecular weight is 617 g/mol. The van der Waals surface area contributed by atoms with Gasteiger partial charge in [0.25, 0.3) is 0 Å². The molecule has 2 atom stereocenters.